The fourth-order valence-corrected chi connectivity index (χ4v) is 4.68. The third-order valence-electron chi connectivity index (χ3n) is 1.27. The van der Waals surface area contributed by atoms with E-state index in [4.69, 9.17) is 0 Å². The van der Waals surface area contributed by atoms with Gasteiger partial charge in [0.25, 0.3) is 10.0 Å². The molecule has 14 heavy (non-hydrogen) atoms. The van der Waals surface area contributed by atoms with Crippen LogP contribution in [0.15, 0.2) is 20.1 Å². The standard InChI is InChI=1S/C8H12BrNO2S2/c1-8(2,3)10-14(11,12)7-6(9)4-5-13-7/h4-5,10H,1-3H3. The first-order valence-electron chi connectivity index (χ1n) is 3.99. The molecule has 80 valence electrons. The average molecular weight is 298 g/mol. The minimum Gasteiger partial charge on any atom is -0.206 e. The van der Waals surface area contributed by atoms with Crippen molar-refractivity contribution in [2.24, 2.45) is 0 Å². The van der Waals surface area contributed by atoms with Crippen LogP contribution < -0.4 is 4.72 Å². The van der Waals surface area contributed by atoms with Crippen LogP contribution in [0.3, 0.4) is 0 Å². The third-order valence-corrected chi connectivity index (χ3v) is 5.70. The molecule has 1 rings (SSSR count). The molecule has 0 aliphatic heterocycles. The van der Waals surface area contributed by atoms with Crippen molar-refractivity contribution in [3.05, 3.63) is 15.9 Å². The number of halogens is 1. The van der Waals surface area contributed by atoms with Crippen LogP contribution in [0.25, 0.3) is 0 Å². The molecule has 0 spiro atoms. The van der Waals surface area contributed by atoms with Gasteiger partial charge < -0.3 is 0 Å². The highest BCUT2D eigenvalue weighted by molar-refractivity contribution is 9.10. The summed E-state index contributed by atoms with van der Waals surface area (Å²) in [5.41, 5.74) is -0.456. The van der Waals surface area contributed by atoms with E-state index in [1.165, 1.54) is 11.3 Å². The van der Waals surface area contributed by atoms with Crippen LogP contribution in [0.2, 0.25) is 0 Å². The van der Waals surface area contributed by atoms with Gasteiger partial charge >= 0.3 is 0 Å². The largest absolute Gasteiger partial charge is 0.251 e. The highest BCUT2D eigenvalue weighted by Gasteiger charge is 2.24. The monoisotopic (exact) mass is 297 g/mol. The summed E-state index contributed by atoms with van der Waals surface area (Å²) in [6, 6.07) is 1.72. The highest BCUT2D eigenvalue weighted by atomic mass is 79.9. The smallest absolute Gasteiger partial charge is 0.206 e. The quantitative estimate of drug-likeness (QED) is 0.912. The van der Waals surface area contributed by atoms with Gasteiger partial charge in [0, 0.05) is 10.0 Å². The second-order valence-electron chi connectivity index (χ2n) is 3.91. The Morgan fingerprint density at radius 3 is 2.36 bits per heavy atom. The first-order chi connectivity index (χ1) is 6.22. The summed E-state index contributed by atoms with van der Waals surface area (Å²) in [5.74, 6) is 0. The van der Waals surface area contributed by atoms with Crippen LogP contribution in [-0.4, -0.2) is 14.0 Å². The van der Waals surface area contributed by atoms with Crippen molar-refractivity contribution in [2.45, 2.75) is 30.5 Å². The van der Waals surface area contributed by atoms with E-state index < -0.39 is 15.6 Å². The molecule has 0 bridgehead atoms. The molecule has 3 nitrogen and oxygen atoms in total. The zero-order valence-electron chi connectivity index (χ0n) is 8.17. The van der Waals surface area contributed by atoms with E-state index in [1.54, 1.807) is 11.4 Å². The Morgan fingerprint density at radius 1 is 1.43 bits per heavy atom. The Kier molecular flexibility index (Phi) is 3.41. The van der Waals surface area contributed by atoms with Crippen molar-refractivity contribution in [3.63, 3.8) is 0 Å². The normalized spacial score (nSPS) is 13.1. The zero-order valence-corrected chi connectivity index (χ0v) is 11.4. The lowest BCUT2D eigenvalue weighted by atomic mass is 10.1. The van der Waals surface area contributed by atoms with Crippen LogP contribution in [0.4, 0.5) is 0 Å². The Hall–Kier alpha value is 0.0900. The number of thiophene rings is 1. The maximum atomic E-state index is 11.8. The van der Waals surface area contributed by atoms with Gasteiger partial charge in [0.1, 0.15) is 4.21 Å². The van der Waals surface area contributed by atoms with Gasteiger partial charge in [-0.25, -0.2) is 13.1 Å². The molecule has 1 aromatic rings. The Labute approximate surface area is 96.7 Å². The molecule has 0 amide bonds. The van der Waals surface area contributed by atoms with Gasteiger partial charge in [-0.15, -0.1) is 11.3 Å². The number of hydrogen-bond acceptors (Lipinski definition) is 3. The maximum absolute atomic E-state index is 11.8. The molecule has 0 aliphatic rings. The summed E-state index contributed by atoms with van der Waals surface area (Å²) in [5, 5.41) is 1.74. The summed E-state index contributed by atoms with van der Waals surface area (Å²) in [6.45, 7) is 5.43. The summed E-state index contributed by atoms with van der Waals surface area (Å²) in [4.78, 5) is 0. The SMILES string of the molecule is CC(C)(C)NS(=O)(=O)c1sccc1Br. The predicted molar refractivity (Wildman–Crippen MR) is 62.1 cm³/mol. The van der Waals surface area contributed by atoms with Crippen molar-refractivity contribution >= 4 is 37.3 Å². The van der Waals surface area contributed by atoms with E-state index in [9.17, 15) is 8.42 Å². The van der Waals surface area contributed by atoms with E-state index in [2.05, 4.69) is 20.7 Å². The molecule has 0 aromatic carbocycles. The summed E-state index contributed by atoms with van der Waals surface area (Å²) in [7, 11) is -3.38. The Morgan fingerprint density at radius 2 is 2.00 bits per heavy atom. The van der Waals surface area contributed by atoms with Gasteiger partial charge in [-0.1, -0.05) is 0 Å². The zero-order chi connectivity index (χ0) is 11.0. The highest BCUT2D eigenvalue weighted by Crippen LogP contribution is 2.28. The van der Waals surface area contributed by atoms with E-state index in [0.29, 0.717) is 8.68 Å². The van der Waals surface area contributed by atoms with Crippen LogP contribution in [0.1, 0.15) is 20.8 Å². The first kappa shape index (κ1) is 12.2. The van der Waals surface area contributed by atoms with Gasteiger partial charge in [-0.3, -0.25) is 0 Å². The molecule has 0 atom stereocenters. The second-order valence-corrected chi connectivity index (χ2v) is 7.56. The number of rotatable bonds is 2. The minimum absolute atomic E-state index is 0.326. The molecule has 6 heteroatoms. The molecular weight excluding hydrogens is 286 g/mol. The first-order valence-corrected chi connectivity index (χ1v) is 7.15. The molecular formula is C8H12BrNO2S2. The fourth-order valence-electron chi connectivity index (χ4n) is 0.921. The molecule has 0 unspecified atom stereocenters. The van der Waals surface area contributed by atoms with Crippen LogP contribution in [0.5, 0.6) is 0 Å². The van der Waals surface area contributed by atoms with E-state index in [1.807, 2.05) is 20.8 Å². The van der Waals surface area contributed by atoms with Gasteiger partial charge in [-0.05, 0) is 48.1 Å². The minimum atomic E-state index is -3.38. The number of sulfonamides is 1. The van der Waals surface area contributed by atoms with Gasteiger partial charge in [0.05, 0.1) is 0 Å². The van der Waals surface area contributed by atoms with E-state index in [0.717, 1.165) is 0 Å². The number of hydrogen-bond donors (Lipinski definition) is 1. The van der Waals surface area contributed by atoms with Crippen LogP contribution >= 0.6 is 27.3 Å². The number of nitrogens with one attached hydrogen (secondary N) is 1. The van der Waals surface area contributed by atoms with Crippen molar-refractivity contribution in [1.82, 2.24) is 4.72 Å². The van der Waals surface area contributed by atoms with Crippen LogP contribution in [-0.2, 0) is 10.0 Å². The summed E-state index contributed by atoms with van der Waals surface area (Å²) >= 11 is 4.40. The molecule has 1 N–H and O–H groups in total. The van der Waals surface area contributed by atoms with Crippen molar-refractivity contribution in [1.29, 1.82) is 0 Å². The molecule has 0 aliphatic carbocycles. The lowest BCUT2D eigenvalue weighted by Crippen LogP contribution is -2.40. The fraction of sp³-hybridized carbons (Fsp3) is 0.500. The molecule has 0 radical (unpaired) electrons. The third kappa shape index (κ3) is 3.05. The lowest BCUT2D eigenvalue weighted by molar-refractivity contribution is 0.492. The van der Waals surface area contributed by atoms with E-state index >= 15 is 0 Å². The maximum Gasteiger partial charge on any atom is 0.251 e. The second kappa shape index (κ2) is 3.92. The molecule has 1 aromatic heterocycles. The summed E-state index contributed by atoms with van der Waals surface area (Å²) in [6.07, 6.45) is 0. The van der Waals surface area contributed by atoms with Crippen molar-refractivity contribution < 1.29 is 8.42 Å². The summed E-state index contributed by atoms with van der Waals surface area (Å²) < 4.78 is 27.1. The van der Waals surface area contributed by atoms with Gasteiger partial charge in [-0.2, -0.15) is 0 Å². The molecule has 0 saturated heterocycles. The predicted octanol–water partition coefficient (Wildman–Crippen LogP) is 2.59. The molecule has 0 fully saturated rings. The Bertz CT molecular complexity index is 417. The molecule has 0 saturated carbocycles. The van der Waals surface area contributed by atoms with Gasteiger partial charge in [0.2, 0.25) is 0 Å². The Balaban J connectivity index is 3.05. The topological polar surface area (TPSA) is 46.2 Å². The van der Waals surface area contributed by atoms with Gasteiger partial charge in [0.15, 0.2) is 0 Å². The van der Waals surface area contributed by atoms with Crippen molar-refractivity contribution in [3.8, 4) is 0 Å². The molecule has 1 heterocycles. The van der Waals surface area contributed by atoms with Crippen molar-refractivity contribution in [2.75, 3.05) is 0 Å². The average Bonchev–Trinajstić information content (AvgIpc) is 2.29. The van der Waals surface area contributed by atoms with E-state index in [-0.39, 0.29) is 0 Å². The van der Waals surface area contributed by atoms with Crippen LogP contribution in [0, 0.1) is 0 Å². The lowest BCUT2D eigenvalue weighted by Gasteiger charge is -2.19.